The van der Waals surface area contributed by atoms with Crippen LogP contribution in [0.1, 0.15) is 21.5 Å². The minimum Gasteiger partial charge on any atom is -0.489 e. The number of carbonyl (C=O) groups excluding carboxylic acids is 1. The summed E-state index contributed by atoms with van der Waals surface area (Å²) < 4.78 is 12.6. The summed E-state index contributed by atoms with van der Waals surface area (Å²) in [6, 6.07) is 14.5. The third-order valence-corrected chi connectivity index (χ3v) is 4.19. The van der Waals surface area contributed by atoms with E-state index >= 15 is 0 Å². The molecule has 2 aromatic carbocycles. The van der Waals surface area contributed by atoms with Gasteiger partial charge in [0, 0.05) is 0 Å². The van der Waals surface area contributed by atoms with Gasteiger partial charge in [-0.25, -0.2) is 4.79 Å². The van der Waals surface area contributed by atoms with E-state index in [1.54, 1.807) is 18.3 Å². The number of carbonyl (C=O) groups is 1. The van der Waals surface area contributed by atoms with Crippen LogP contribution in [0.3, 0.4) is 0 Å². The lowest BCUT2D eigenvalue weighted by molar-refractivity contribution is 0.0600. The molecule has 1 heterocycles. The van der Waals surface area contributed by atoms with Gasteiger partial charge in [-0.15, -0.1) is 0 Å². The molecule has 0 saturated heterocycles. The lowest BCUT2D eigenvalue weighted by atomic mass is 10.1. The first-order valence-electron chi connectivity index (χ1n) is 7.91. The van der Waals surface area contributed by atoms with E-state index in [-0.39, 0.29) is 5.97 Å². The summed E-state index contributed by atoms with van der Waals surface area (Å²) in [5.41, 5.74) is 2.33. The molecule has 0 aliphatic heterocycles. The third-order valence-electron chi connectivity index (χ3n) is 3.64. The van der Waals surface area contributed by atoms with Crippen LogP contribution < -0.4 is 4.74 Å². The maximum Gasteiger partial charge on any atom is 0.337 e. The van der Waals surface area contributed by atoms with Crippen LogP contribution >= 0.6 is 24.4 Å². The molecule has 27 heavy (non-hydrogen) atoms. The minimum absolute atomic E-state index is 0.360. The van der Waals surface area contributed by atoms with Gasteiger partial charge in [0.2, 0.25) is 9.54 Å². The van der Waals surface area contributed by atoms with Crippen LogP contribution in [0.25, 0.3) is 0 Å². The summed E-state index contributed by atoms with van der Waals surface area (Å²) in [6.07, 6.45) is 1.66. The molecule has 2 N–H and O–H groups in total. The van der Waals surface area contributed by atoms with Gasteiger partial charge in [0.15, 0.2) is 0 Å². The number of benzene rings is 2. The third kappa shape index (κ3) is 4.78. The number of ether oxygens (including phenoxy) is 2. The molecule has 0 amide bonds. The maximum absolute atomic E-state index is 11.4. The fourth-order valence-corrected chi connectivity index (χ4v) is 2.64. The van der Waals surface area contributed by atoms with E-state index in [4.69, 9.17) is 29.2 Å². The van der Waals surface area contributed by atoms with Crippen LogP contribution in [0.2, 0.25) is 0 Å². The highest BCUT2D eigenvalue weighted by atomic mass is 32.1. The Morgan fingerprint density at radius 3 is 2.30 bits per heavy atom. The molecule has 9 heteroatoms. The van der Waals surface area contributed by atoms with E-state index in [1.807, 2.05) is 36.4 Å². The molecular weight excluding hydrogens is 384 g/mol. The van der Waals surface area contributed by atoms with E-state index in [0.717, 1.165) is 16.9 Å². The molecule has 0 fully saturated rings. The van der Waals surface area contributed by atoms with Crippen LogP contribution in [-0.4, -0.2) is 34.2 Å². The molecule has 0 saturated carbocycles. The normalized spacial score (nSPS) is 10.9. The monoisotopic (exact) mass is 400 g/mol. The van der Waals surface area contributed by atoms with Crippen molar-refractivity contribution in [3.8, 4) is 5.75 Å². The highest BCUT2D eigenvalue weighted by Gasteiger charge is 2.04. The van der Waals surface area contributed by atoms with E-state index < -0.39 is 0 Å². The standard InChI is InChI=1S/C18H16N4O3S2/c1-24-16(23)14-6-2-13(3-7-14)11-25-15-8-4-12(5-9-15)10-19-22-17(26)20-21-18(22)27/h2-10H,11H2,1H3,(H,20,26)(H,21,27)/b19-10-. The molecular formula is C18H16N4O3S2. The van der Waals surface area contributed by atoms with Gasteiger partial charge in [-0.2, -0.15) is 9.78 Å². The van der Waals surface area contributed by atoms with E-state index in [2.05, 4.69) is 20.0 Å². The molecule has 3 rings (SSSR count). The Bertz CT molecular complexity index is 1040. The predicted molar refractivity (Wildman–Crippen MR) is 106 cm³/mol. The van der Waals surface area contributed by atoms with Crippen LogP contribution in [-0.2, 0) is 11.3 Å². The summed E-state index contributed by atoms with van der Waals surface area (Å²) >= 11 is 10.1. The summed E-state index contributed by atoms with van der Waals surface area (Å²) in [6.45, 7) is 0.391. The number of aromatic amines is 2. The molecule has 0 bridgehead atoms. The Balaban J connectivity index is 1.60. The summed E-state index contributed by atoms with van der Waals surface area (Å²) in [4.78, 5) is 11.4. The van der Waals surface area contributed by atoms with Crippen molar-refractivity contribution in [3.05, 3.63) is 74.8 Å². The molecule has 7 nitrogen and oxygen atoms in total. The largest absolute Gasteiger partial charge is 0.489 e. The number of nitrogens with one attached hydrogen (secondary N) is 2. The SMILES string of the molecule is COC(=O)c1ccc(COc2ccc(/C=N\n3c(=S)[nH][nH]c3=S)cc2)cc1. The number of hydrogen-bond acceptors (Lipinski definition) is 6. The average Bonchev–Trinajstić information content (AvgIpc) is 3.03. The van der Waals surface area contributed by atoms with Gasteiger partial charge < -0.3 is 9.47 Å². The smallest absolute Gasteiger partial charge is 0.337 e. The van der Waals surface area contributed by atoms with Crippen molar-refractivity contribution in [2.24, 2.45) is 5.10 Å². The van der Waals surface area contributed by atoms with Gasteiger partial charge in [0.05, 0.1) is 18.9 Å². The first kappa shape index (κ1) is 18.7. The number of rotatable bonds is 6. The fourth-order valence-electron chi connectivity index (χ4n) is 2.21. The second kappa shape index (κ2) is 8.56. The Morgan fingerprint density at radius 1 is 1.07 bits per heavy atom. The van der Waals surface area contributed by atoms with Gasteiger partial charge >= 0.3 is 5.97 Å². The highest BCUT2D eigenvalue weighted by Crippen LogP contribution is 2.14. The Morgan fingerprint density at radius 2 is 1.70 bits per heavy atom. The predicted octanol–water partition coefficient (Wildman–Crippen LogP) is 3.85. The maximum atomic E-state index is 11.4. The van der Waals surface area contributed by atoms with Crippen LogP contribution in [0.15, 0.2) is 53.6 Å². The van der Waals surface area contributed by atoms with Crippen molar-refractivity contribution < 1.29 is 14.3 Å². The molecule has 0 aliphatic carbocycles. The van der Waals surface area contributed by atoms with E-state index in [0.29, 0.717) is 21.7 Å². The topological polar surface area (TPSA) is 84.4 Å². The lowest BCUT2D eigenvalue weighted by Crippen LogP contribution is -2.02. The number of esters is 1. The summed E-state index contributed by atoms with van der Waals surface area (Å²) in [5, 5.41) is 9.66. The number of nitrogens with zero attached hydrogens (tertiary/aromatic N) is 2. The zero-order chi connectivity index (χ0) is 19.2. The van der Waals surface area contributed by atoms with Gasteiger partial charge in [-0.3, -0.25) is 10.2 Å². The average molecular weight is 400 g/mol. The summed E-state index contributed by atoms with van der Waals surface area (Å²) in [7, 11) is 1.36. The van der Waals surface area contributed by atoms with Gasteiger partial charge in [0.1, 0.15) is 12.4 Å². The second-order valence-electron chi connectivity index (χ2n) is 5.46. The molecule has 0 radical (unpaired) electrons. The Labute approximate surface area is 165 Å². The first-order chi connectivity index (χ1) is 13.1. The van der Waals surface area contributed by atoms with Crippen LogP contribution in [0.4, 0.5) is 0 Å². The number of methoxy groups -OCH3 is 1. The molecule has 0 unspecified atom stereocenters. The minimum atomic E-state index is -0.360. The Hall–Kier alpha value is -3.04. The molecule has 3 aromatic rings. The molecule has 0 spiro atoms. The molecule has 0 atom stereocenters. The van der Waals surface area contributed by atoms with Crippen molar-refractivity contribution >= 4 is 36.6 Å². The van der Waals surface area contributed by atoms with Gasteiger partial charge in [-0.1, -0.05) is 12.1 Å². The van der Waals surface area contributed by atoms with Crippen molar-refractivity contribution in [2.75, 3.05) is 7.11 Å². The molecule has 138 valence electrons. The number of H-pyrrole nitrogens is 2. The van der Waals surface area contributed by atoms with Crippen LogP contribution in [0, 0.1) is 9.54 Å². The molecule has 1 aromatic heterocycles. The highest BCUT2D eigenvalue weighted by molar-refractivity contribution is 7.72. The van der Waals surface area contributed by atoms with Crippen molar-refractivity contribution in [3.63, 3.8) is 0 Å². The van der Waals surface area contributed by atoms with Crippen LogP contribution in [0.5, 0.6) is 5.75 Å². The lowest BCUT2D eigenvalue weighted by Gasteiger charge is -2.07. The first-order valence-corrected chi connectivity index (χ1v) is 8.72. The Kier molecular flexibility index (Phi) is 5.94. The number of hydrogen-bond donors (Lipinski definition) is 2. The van der Waals surface area contributed by atoms with Gasteiger partial charge in [-0.05, 0) is 72.0 Å². The number of aromatic nitrogens is 3. The second-order valence-corrected chi connectivity index (χ2v) is 6.24. The van der Waals surface area contributed by atoms with Crippen molar-refractivity contribution in [1.82, 2.24) is 14.9 Å². The quantitative estimate of drug-likeness (QED) is 0.373. The van der Waals surface area contributed by atoms with Crippen molar-refractivity contribution in [1.29, 1.82) is 0 Å². The fraction of sp³-hybridized carbons (Fsp3) is 0.111. The van der Waals surface area contributed by atoms with E-state index in [1.165, 1.54) is 11.8 Å². The summed E-state index contributed by atoms with van der Waals surface area (Å²) in [5.74, 6) is 0.362. The van der Waals surface area contributed by atoms with Crippen molar-refractivity contribution in [2.45, 2.75) is 6.61 Å². The molecule has 0 aliphatic rings. The zero-order valence-corrected chi connectivity index (χ0v) is 16.0. The van der Waals surface area contributed by atoms with Gasteiger partial charge in [0.25, 0.3) is 0 Å². The zero-order valence-electron chi connectivity index (χ0n) is 14.3. The van der Waals surface area contributed by atoms with E-state index in [9.17, 15) is 4.79 Å².